The second-order valence-electron chi connectivity index (χ2n) is 5.47. The fourth-order valence-corrected chi connectivity index (χ4v) is 3.73. The molecule has 0 unspecified atom stereocenters. The van der Waals surface area contributed by atoms with Crippen molar-refractivity contribution in [3.63, 3.8) is 0 Å². The van der Waals surface area contributed by atoms with Crippen molar-refractivity contribution in [1.29, 1.82) is 0 Å². The van der Waals surface area contributed by atoms with E-state index >= 15 is 0 Å². The second-order valence-corrected chi connectivity index (χ2v) is 8.21. The molecule has 8 heteroatoms. The number of ether oxygens (including phenoxy) is 1. The van der Waals surface area contributed by atoms with Crippen LogP contribution in [-0.4, -0.2) is 32.8 Å². The summed E-state index contributed by atoms with van der Waals surface area (Å²) >= 11 is 12.1. The predicted octanol–water partition coefficient (Wildman–Crippen LogP) is 3.48. The Morgan fingerprint density at radius 1 is 1.25 bits per heavy atom. The first kappa shape index (κ1) is 19.0. The molecule has 0 atom stereocenters. The number of hydrogen-bond acceptors (Lipinski definition) is 5. The Morgan fingerprint density at radius 2 is 1.88 bits per heavy atom. The Bertz CT molecular complexity index is 823. The lowest BCUT2D eigenvalue weighted by Gasteiger charge is -2.10. The van der Waals surface area contributed by atoms with Crippen molar-refractivity contribution in [2.75, 3.05) is 12.9 Å². The largest absolute Gasteiger partial charge is 0.501 e. The van der Waals surface area contributed by atoms with Gasteiger partial charge >= 0.3 is 0 Å². The number of Topliss-reactive ketones (excluding diaryl/α,β-unsaturated/α-hetero) is 2. The summed E-state index contributed by atoms with van der Waals surface area (Å²) in [6, 6.07) is 2.46. The van der Waals surface area contributed by atoms with Crippen molar-refractivity contribution in [3.05, 3.63) is 39.6 Å². The van der Waals surface area contributed by atoms with Gasteiger partial charge in [-0.3, -0.25) is 9.59 Å². The van der Waals surface area contributed by atoms with Crippen molar-refractivity contribution in [1.82, 2.24) is 0 Å². The zero-order chi connectivity index (χ0) is 18.1. The minimum Gasteiger partial charge on any atom is -0.501 e. The number of rotatable bonds is 7. The highest BCUT2D eigenvalue weighted by Crippen LogP contribution is 2.36. The molecule has 1 aliphatic rings. The molecular weight excluding hydrogens is 375 g/mol. The van der Waals surface area contributed by atoms with Gasteiger partial charge in [0, 0.05) is 17.7 Å². The minimum atomic E-state index is -3.59. The lowest BCUT2D eigenvalue weighted by atomic mass is 9.98. The van der Waals surface area contributed by atoms with Crippen LogP contribution in [0.1, 0.15) is 30.1 Å². The van der Waals surface area contributed by atoms with Crippen molar-refractivity contribution in [3.8, 4) is 0 Å². The van der Waals surface area contributed by atoms with Crippen LogP contribution in [0.4, 0.5) is 0 Å². The number of ketones is 2. The molecule has 24 heavy (non-hydrogen) atoms. The quantitative estimate of drug-likeness (QED) is 0.234. The van der Waals surface area contributed by atoms with Crippen molar-refractivity contribution in [2.45, 2.75) is 24.7 Å². The highest BCUT2D eigenvalue weighted by atomic mass is 35.5. The van der Waals surface area contributed by atoms with Gasteiger partial charge < -0.3 is 4.74 Å². The Labute approximate surface area is 150 Å². The van der Waals surface area contributed by atoms with Gasteiger partial charge in [0.15, 0.2) is 15.6 Å². The standard InChI is InChI=1S/C16H16Cl2O5S/c1-3-23-8-11(15(19)9-4-5-9)16(20)10-6-7-12(24(2,21)22)14(18)13(10)17/h6-9H,3-5H2,1-2H3/b11-8-. The van der Waals surface area contributed by atoms with Crippen LogP contribution < -0.4 is 0 Å². The van der Waals surface area contributed by atoms with Gasteiger partial charge in [-0.25, -0.2) is 8.42 Å². The van der Waals surface area contributed by atoms with E-state index in [4.69, 9.17) is 27.9 Å². The summed E-state index contributed by atoms with van der Waals surface area (Å²) in [6.07, 6.45) is 3.59. The summed E-state index contributed by atoms with van der Waals surface area (Å²) in [4.78, 5) is 24.8. The molecule has 5 nitrogen and oxygen atoms in total. The van der Waals surface area contributed by atoms with E-state index in [1.807, 2.05) is 0 Å². The molecule has 1 saturated carbocycles. The molecule has 0 spiro atoms. The number of carbonyl (C=O) groups is 2. The molecule has 0 saturated heterocycles. The number of carbonyl (C=O) groups excluding carboxylic acids is 2. The summed E-state index contributed by atoms with van der Waals surface area (Å²) in [5.74, 6) is -1.11. The zero-order valence-corrected chi connectivity index (χ0v) is 15.5. The maximum absolute atomic E-state index is 12.7. The first-order valence-corrected chi connectivity index (χ1v) is 9.92. The van der Waals surface area contributed by atoms with E-state index in [-0.39, 0.29) is 37.8 Å². The molecule has 0 N–H and O–H groups in total. The highest BCUT2D eigenvalue weighted by molar-refractivity contribution is 7.90. The topological polar surface area (TPSA) is 77.5 Å². The maximum atomic E-state index is 12.7. The molecule has 0 aliphatic heterocycles. The Balaban J connectivity index is 2.47. The molecule has 0 aromatic heterocycles. The fraction of sp³-hybridized carbons (Fsp3) is 0.375. The van der Waals surface area contributed by atoms with Crippen LogP contribution in [0, 0.1) is 5.92 Å². The summed E-state index contributed by atoms with van der Waals surface area (Å²) in [5.41, 5.74) is -0.140. The molecule has 1 fully saturated rings. The Kier molecular flexibility index (Phi) is 5.73. The minimum absolute atomic E-state index is 0.0333. The van der Waals surface area contributed by atoms with E-state index in [2.05, 4.69) is 0 Å². The number of halogens is 2. The third-order valence-corrected chi connectivity index (χ3v) is 5.65. The van der Waals surface area contributed by atoms with E-state index < -0.39 is 15.6 Å². The fourth-order valence-electron chi connectivity index (χ4n) is 2.09. The van der Waals surface area contributed by atoms with Crippen LogP contribution in [0.2, 0.25) is 10.0 Å². The summed E-state index contributed by atoms with van der Waals surface area (Å²) in [5, 5.41) is -0.435. The van der Waals surface area contributed by atoms with Gasteiger partial charge in [-0.2, -0.15) is 0 Å². The van der Waals surface area contributed by atoms with E-state index in [9.17, 15) is 18.0 Å². The summed E-state index contributed by atoms with van der Waals surface area (Å²) in [7, 11) is -3.59. The van der Waals surface area contributed by atoms with E-state index in [0.717, 1.165) is 25.4 Å². The van der Waals surface area contributed by atoms with Gasteiger partial charge in [-0.05, 0) is 31.9 Å². The highest BCUT2D eigenvalue weighted by Gasteiger charge is 2.36. The predicted molar refractivity (Wildman–Crippen MR) is 91.3 cm³/mol. The van der Waals surface area contributed by atoms with Gasteiger partial charge in [-0.1, -0.05) is 23.2 Å². The van der Waals surface area contributed by atoms with Gasteiger partial charge in [0.05, 0.1) is 27.8 Å². The number of allylic oxidation sites excluding steroid dienone is 1. The van der Waals surface area contributed by atoms with Crippen LogP contribution in [0.15, 0.2) is 28.9 Å². The number of hydrogen-bond donors (Lipinski definition) is 0. The number of sulfone groups is 1. The molecular formula is C16H16Cl2O5S. The molecule has 0 heterocycles. The van der Waals surface area contributed by atoms with Crippen molar-refractivity contribution >= 4 is 44.6 Å². The molecule has 1 aromatic carbocycles. The Morgan fingerprint density at radius 3 is 2.38 bits per heavy atom. The van der Waals surface area contributed by atoms with Crippen molar-refractivity contribution in [2.24, 2.45) is 5.92 Å². The lowest BCUT2D eigenvalue weighted by molar-refractivity contribution is -0.116. The average molecular weight is 391 g/mol. The number of benzene rings is 1. The lowest BCUT2D eigenvalue weighted by Crippen LogP contribution is -2.16. The van der Waals surface area contributed by atoms with E-state index in [1.54, 1.807) is 6.92 Å². The van der Waals surface area contributed by atoms with Gasteiger partial charge in [-0.15, -0.1) is 0 Å². The first-order chi connectivity index (χ1) is 11.2. The SMILES string of the molecule is CCO/C=C(\C(=O)c1ccc(S(C)(=O)=O)c(Cl)c1Cl)C(=O)C1CC1. The molecule has 0 radical (unpaired) electrons. The van der Waals surface area contributed by atoms with Gasteiger partial charge in [0.25, 0.3) is 0 Å². The maximum Gasteiger partial charge on any atom is 0.201 e. The molecule has 1 aliphatic carbocycles. The van der Waals surface area contributed by atoms with E-state index in [1.165, 1.54) is 12.1 Å². The first-order valence-electron chi connectivity index (χ1n) is 7.27. The third-order valence-electron chi connectivity index (χ3n) is 3.52. The molecule has 2 rings (SSSR count). The van der Waals surface area contributed by atoms with Gasteiger partial charge in [0.2, 0.25) is 5.78 Å². The third kappa shape index (κ3) is 3.99. The summed E-state index contributed by atoms with van der Waals surface area (Å²) in [6.45, 7) is 2.03. The summed E-state index contributed by atoms with van der Waals surface area (Å²) < 4.78 is 28.4. The monoisotopic (exact) mass is 390 g/mol. The van der Waals surface area contributed by atoms with Crippen LogP contribution in [0.25, 0.3) is 0 Å². The van der Waals surface area contributed by atoms with Crippen LogP contribution in [0.3, 0.4) is 0 Å². The average Bonchev–Trinajstić information content (AvgIpc) is 3.33. The van der Waals surface area contributed by atoms with Crippen molar-refractivity contribution < 1.29 is 22.7 Å². The van der Waals surface area contributed by atoms with E-state index in [0.29, 0.717) is 6.61 Å². The second kappa shape index (κ2) is 7.25. The molecule has 0 bridgehead atoms. The van der Waals surface area contributed by atoms with Crippen LogP contribution in [-0.2, 0) is 19.4 Å². The van der Waals surface area contributed by atoms with Crippen LogP contribution in [0.5, 0.6) is 0 Å². The molecule has 130 valence electrons. The molecule has 1 aromatic rings. The van der Waals surface area contributed by atoms with Gasteiger partial charge in [0.1, 0.15) is 5.57 Å². The molecule has 0 amide bonds. The zero-order valence-electron chi connectivity index (χ0n) is 13.1. The smallest absolute Gasteiger partial charge is 0.201 e. The Hall–Kier alpha value is -1.37. The van der Waals surface area contributed by atoms with Crippen LogP contribution >= 0.6 is 23.2 Å². The normalized spacial score (nSPS) is 15.2.